The minimum Gasteiger partial charge on any atom is -0.341 e. The van der Waals surface area contributed by atoms with Gasteiger partial charge in [0, 0.05) is 0 Å². The summed E-state index contributed by atoms with van der Waals surface area (Å²) in [4.78, 5) is 0. The van der Waals surface area contributed by atoms with Crippen LogP contribution in [0.15, 0.2) is 24.3 Å². The Balaban J connectivity index is 2.17. The molecule has 0 spiro atoms. The molecular formula is C8H9FN2O. The molecule has 64 valence electrons. The number of rotatable bonds is 2. The van der Waals surface area contributed by atoms with E-state index in [4.69, 9.17) is 10.5 Å². The van der Waals surface area contributed by atoms with E-state index in [2.05, 4.69) is 5.32 Å². The van der Waals surface area contributed by atoms with Crippen molar-refractivity contribution in [3.8, 4) is 0 Å². The maximum Gasteiger partial charge on any atom is 0.217 e. The van der Waals surface area contributed by atoms with Gasteiger partial charge in [0.1, 0.15) is 12.4 Å². The summed E-state index contributed by atoms with van der Waals surface area (Å²) >= 11 is 0. The predicted octanol–water partition coefficient (Wildman–Crippen LogP) is 0.880. The second-order valence-electron chi connectivity index (χ2n) is 2.78. The van der Waals surface area contributed by atoms with Crippen LogP contribution in [0.25, 0.3) is 0 Å². The topological polar surface area (TPSA) is 50.6 Å². The number of para-hydroxylation sites is 1. The molecule has 0 aliphatic carbocycles. The lowest BCUT2D eigenvalue weighted by atomic mass is 10.3. The lowest BCUT2D eigenvalue weighted by molar-refractivity contribution is 0.338. The highest BCUT2D eigenvalue weighted by Gasteiger charge is 2.40. The number of nitrogens with two attached hydrogens (primary N) is 1. The summed E-state index contributed by atoms with van der Waals surface area (Å²) in [6, 6.07) is 6.34. The third kappa shape index (κ3) is 1.39. The molecule has 4 heteroatoms. The molecule has 2 rings (SSSR count). The molecule has 1 aromatic carbocycles. The van der Waals surface area contributed by atoms with Crippen molar-refractivity contribution in [1.29, 1.82) is 0 Å². The zero-order valence-corrected chi connectivity index (χ0v) is 6.38. The largest absolute Gasteiger partial charge is 0.341 e. The summed E-state index contributed by atoms with van der Waals surface area (Å²) < 4.78 is 17.8. The average Bonchev–Trinajstić information content (AvgIpc) is 2.74. The number of hydrogen-bond donors (Lipinski definition) is 2. The van der Waals surface area contributed by atoms with Gasteiger partial charge in [0.25, 0.3) is 0 Å². The van der Waals surface area contributed by atoms with E-state index in [0.29, 0.717) is 12.3 Å². The monoisotopic (exact) mass is 168 g/mol. The van der Waals surface area contributed by atoms with E-state index in [1.807, 2.05) is 0 Å². The van der Waals surface area contributed by atoms with Crippen molar-refractivity contribution in [3.63, 3.8) is 0 Å². The summed E-state index contributed by atoms with van der Waals surface area (Å²) in [6.45, 7) is 0.418. The summed E-state index contributed by atoms with van der Waals surface area (Å²) in [5.41, 5.74) is 5.92. The van der Waals surface area contributed by atoms with Crippen LogP contribution in [0.1, 0.15) is 0 Å². The molecule has 0 saturated carbocycles. The molecule has 1 unspecified atom stereocenters. The van der Waals surface area contributed by atoms with Crippen LogP contribution in [0.4, 0.5) is 10.1 Å². The lowest BCUT2D eigenvalue weighted by Gasteiger charge is -2.09. The van der Waals surface area contributed by atoms with E-state index in [1.165, 1.54) is 6.07 Å². The van der Waals surface area contributed by atoms with Crippen LogP contribution in [-0.4, -0.2) is 12.5 Å². The molecule has 0 amide bonds. The molecule has 0 radical (unpaired) electrons. The summed E-state index contributed by atoms with van der Waals surface area (Å²) in [7, 11) is 0. The second-order valence-corrected chi connectivity index (χ2v) is 2.78. The predicted molar refractivity (Wildman–Crippen MR) is 42.9 cm³/mol. The standard InChI is InChI=1S/C8H9FN2O/c9-6-3-1-2-4-7(6)11-8(10)5-12-8/h1-4,11H,5,10H2. The van der Waals surface area contributed by atoms with Crippen molar-refractivity contribution < 1.29 is 9.13 Å². The highest BCUT2D eigenvalue weighted by atomic mass is 19.1. The Hall–Kier alpha value is -1.13. The van der Waals surface area contributed by atoms with E-state index >= 15 is 0 Å². The zero-order valence-electron chi connectivity index (χ0n) is 6.38. The van der Waals surface area contributed by atoms with Crippen molar-refractivity contribution in [2.24, 2.45) is 5.73 Å². The van der Waals surface area contributed by atoms with E-state index in [0.717, 1.165) is 0 Å². The van der Waals surface area contributed by atoms with Gasteiger partial charge in [-0.2, -0.15) is 0 Å². The van der Waals surface area contributed by atoms with Crippen LogP contribution >= 0.6 is 0 Å². The molecule has 1 aliphatic rings. The Bertz CT molecular complexity index is 299. The number of ether oxygens (including phenoxy) is 1. The highest BCUT2D eigenvalue weighted by molar-refractivity contribution is 5.46. The van der Waals surface area contributed by atoms with Crippen molar-refractivity contribution in [2.75, 3.05) is 11.9 Å². The lowest BCUT2D eigenvalue weighted by Crippen LogP contribution is -2.34. The molecule has 1 aliphatic heterocycles. The van der Waals surface area contributed by atoms with Crippen molar-refractivity contribution in [3.05, 3.63) is 30.1 Å². The van der Waals surface area contributed by atoms with Crippen LogP contribution in [0.2, 0.25) is 0 Å². The first-order valence-electron chi connectivity index (χ1n) is 3.65. The summed E-state index contributed by atoms with van der Waals surface area (Å²) in [6.07, 6.45) is 0. The Labute approximate surface area is 69.3 Å². The molecule has 1 aromatic rings. The van der Waals surface area contributed by atoms with Crippen molar-refractivity contribution >= 4 is 5.69 Å². The fraction of sp³-hybridized carbons (Fsp3) is 0.250. The van der Waals surface area contributed by atoms with Gasteiger partial charge in [-0.1, -0.05) is 12.1 Å². The number of epoxide rings is 1. The Morgan fingerprint density at radius 2 is 2.17 bits per heavy atom. The molecule has 1 fully saturated rings. The van der Waals surface area contributed by atoms with Gasteiger partial charge in [0.05, 0.1) is 5.69 Å². The maximum atomic E-state index is 13.0. The number of nitrogens with one attached hydrogen (secondary N) is 1. The number of hydrogen-bond acceptors (Lipinski definition) is 3. The summed E-state index contributed by atoms with van der Waals surface area (Å²) in [5, 5.41) is 2.74. The van der Waals surface area contributed by atoms with E-state index in [-0.39, 0.29) is 5.82 Å². The van der Waals surface area contributed by atoms with Gasteiger partial charge in [-0.05, 0) is 12.1 Å². The highest BCUT2D eigenvalue weighted by Crippen LogP contribution is 2.24. The van der Waals surface area contributed by atoms with Gasteiger partial charge in [0.15, 0.2) is 0 Å². The van der Waals surface area contributed by atoms with E-state index in [9.17, 15) is 4.39 Å². The first-order valence-corrected chi connectivity index (χ1v) is 3.65. The molecule has 3 N–H and O–H groups in total. The number of benzene rings is 1. The fourth-order valence-electron chi connectivity index (χ4n) is 0.940. The fourth-order valence-corrected chi connectivity index (χ4v) is 0.940. The molecule has 0 bridgehead atoms. The first kappa shape index (κ1) is 7.52. The summed E-state index contributed by atoms with van der Waals surface area (Å²) in [5.74, 6) is -1.17. The normalized spacial score (nSPS) is 26.8. The van der Waals surface area contributed by atoms with Crippen LogP contribution < -0.4 is 11.1 Å². The molecule has 3 nitrogen and oxygen atoms in total. The minimum atomic E-state index is -0.845. The van der Waals surface area contributed by atoms with Crippen LogP contribution in [0.5, 0.6) is 0 Å². The van der Waals surface area contributed by atoms with Crippen molar-refractivity contribution in [1.82, 2.24) is 0 Å². The first-order chi connectivity index (χ1) is 5.70. The molecule has 1 saturated heterocycles. The second kappa shape index (κ2) is 2.43. The maximum absolute atomic E-state index is 13.0. The SMILES string of the molecule is NC1(Nc2ccccc2F)CO1. The third-order valence-corrected chi connectivity index (χ3v) is 1.68. The Kier molecular flexibility index (Phi) is 1.52. The van der Waals surface area contributed by atoms with Crippen LogP contribution in [-0.2, 0) is 4.74 Å². The van der Waals surface area contributed by atoms with Gasteiger partial charge >= 0.3 is 0 Å². The van der Waals surface area contributed by atoms with Crippen LogP contribution in [0.3, 0.4) is 0 Å². The molecule has 1 heterocycles. The Morgan fingerprint density at radius 3 is 2.75 bits per heavy atom. The quantitative estimate of drug-likeness (QED) is 0.509. The van der Waals surface area contributed by atoms with Crippen LogP contribution in [0, 0.1) is 5.82 Å². The van der Waals surface area contributed by atoms with Gasteiger partial charge < -0.3 is 10.1 Å². The minimum absolute atomic E-state index is 0.321. The number of anilines is 1. The number of halogens is 1. The third-order valence-electron chi connectivity index (χ3n) is 1.68. The molecule has 1 atom stereocenters. The van der Waals surface area contributed by atoms with E-state index < -0.39 is 5.85 Å². The van der Waals surface area contributed by atoms with Crippen molar-refractivity contribution in [2.45, 2.75) is 5.85 Å². The Morgan fingerprint density at radius 1 is 1.50 bits per heavy atom. The average molecular weight is 168 g/mol. The molecular weight excluding hydrogens is 159 g/mol. The van der Waals surface area contributed by atoms with Gasteiger partial charge in [-0.3, -0.25) is 5.73 Å². The zero-order chi connectivity index (χ0) is 8.60. The van der Waals surface area contributed by atoms with Gasteiger partial charge in [0.2, 0.25) is 5.85 Å². The molecule has 12 heavy (non-hydrogen) atoms. The molecule has 0 aromatic heterocycles. The van der Waals surface area contributed by atoms with E-state index in [1.54, 1.807) is 18.2 Å². The smallest absolute Gasteiger partial charge is 0.217 e. The van der Waals surface area contributed by atoms with Gasteiger partial charge in [-0.25, -0.2) is 4.39 Å². The van der Waals surface area contributed by atoms with Gasteiger partial charge in [-0.15, -0.1) is 0 Å².